The molecule has 1 aromatic rings. The van der Waals surface area contributed by atoms with Crippen LogP contribution in [0.5, 0.6) is 0 Å². The zero-order chi connectivity index (χ0) is 11.0. The lowest BCUT2D eigenvalue weighted by Gasteiger charge is -1.94. The maximum absolute atomic E-state index is 10.6. The minimum Gasteiger partial charge on any atom is -0.478 e. The van der Waals surface area contributed by atoms with E-state index in [2.05, 4.69) is 0 Å². The number of halogens is 1. The normalized spacial score (nSPS) is 14.9. The third-order valence-corrected chi connectivity index (χ3v) is 1.14. The Morgan fingerprint density at radius 1 is 1.60 bits per heavy atom. The highest BCUT2D eigenvalue weighted by Gasteiger charge is 2.04. The van der Waals surface area contributed by atoms with Crippen LogP contribution in [0, 0.1) is 0 Å². The van der Waals surface area contributed by atoms with Gasteiger partial charge in [-0.05, 0) is 12.1 Å². The van der Waals surface area contributed by atoms with Gasteiger partial charge in [-0.1, -0.05) is 23.7 Å². The van der Waals surface area contributed by atoms with E-state index in [0.29, 0.717) is 0 Å². The van der Waals surface area contributed by atoms with Crippen LogP contribution >= 0.6 is 11.6 Å². The van der Waals surface area contributed by atoms with Crippen molar-refractivity contribution in [1.29, 1.82) is 0 Å². The smallest absolute Gasteiger partial charge is 0.337 e. The molecule has 0 saturated carbocycles. The monoisotopic (exact) mass is 160 g/mol. The number of hydrogen-bond donors (Lipinski definition) is 1. The Bertz CT molecular complexity index is 390. The van der Waals surface area contributed by atoms with Gasteiger partial charge in [0.25, 0.3) is 0 Å². The fraction of sp³-hybridized carbons (Fsp3) is 0. The van der Waals surface area contributed by atoms with Gasteiger partial charge in [0.1, 0.15) is 0 Å². The van der Waals surface area contributed by atoms with Crippen molar-refractivity contribution in [3.63, 3.8) is 0 Å². The predicted molar refractivity (Wildman–Crippen MR) is 38.4 cm³/mol. The van der Waals surface area contributed by atoms with Crippen molar-refractivity contribution in [2.75, 3.05) is 0 Å². The minimum absolute atomic E-state index is 0.469. The van der Waals surface area contributed by atoms with Gasteiger partial charge in [-0.15, -0.1) is 0 Å². The molecule has 0 fully saturated rings. The summed E-state index contributed by atoms with van der Waals surface area (Å²) < 4.78 is 28.9. The van der Waals surface area contributed by atoms with Crippen molar-refractivity contribution in [1.82, 2.24) is 0 Å². The molecule has 0 aliphatic rings. The average Bonchev–Trinajstić information content (AvgIpc) is 2.11. The summed E-state index contributed by atoms with van der Waals surface area (Å²) in [5.74, 6) is -1.47. The molecule has 0 spiro atoms. The fourth-order valence-electron chi connectivity index (χ4n) is 0.445. The van der Waals surface area contributed by atoms with Crippen molar-refractivity contribution in [2.24, 2.45) is 0 Å². The van der Waals surface area contributed by atoms with E-state index < -0.39 is 40.7 Å². The summed E-state index contributed by atoms with van der Waals surface area (Å²) in [4.78, 5) is 10.6. The summed E-state index contributed by atoms with van der Waals surface area (Å²) in [7, 11) is 0. The van der Waals surface area contributed by atoms with E-state index in [1.54, 1.807) is 0 Å². The van der Waals surface area contributed by atoms with Crippen LogP contribution < -0.4 is 0 Å². The van der Waals surface area contributed by atoms with Crippen molar-refractivity contribution < 1.29 is 15.4 Å². The molecule has 1 N–H and O–H groups in total. The second-order valence-corrected chi connectivity index (χ2v) is 1.87. The number of hydrogen-bond acceptors (Lipinski definition) is 1. The second-order valence-electron chi connectivity index (χ2n) is 1.49. The van der Waals surface area contributed by atoms with Gasteiger partial charge in [-0.3, -0.25) is 0 Å². The summed E-state index contributed by atoms with van der Waals surface area (Å²) in [6.07, 6.45) is 0. The molecule has 0 heterocycles. The summed E-state index contributed by atoms with van der Waals surface area (Å²) in [5, 5.41) is 8.18. The van der Waals surface area contributed by atoms with Crippen LogP contribution in [0.3, 0.4) is 0 Å². The number of carboxylic acid groups (broad SMARTS) is 1. The van der Waals surface area contributed by atoms with E-state index in [0.717, 1.165) is 0 Å². The molecule has 0 atom stereocenters. The second kappa shape index (κ2) is 2.71. The molecule has 3 heteroatoms. The maximum atomic E-state index is 10.6. The molecule has 1 rings (SSSR count). The van der Waals surface area contributed by atoms with Crippen LogP contribution in [0.15, 0.2) is 24.2 Å². The molecule has 1 aromatic carbocycles. The van der Waals surface area contributed by atoms with Crippen LogP contribution in [-0.4, -0.2) is 11.1 Å². The first-order valence-corrected chi connectivity index (χ1v) is 2.74. The van der Waals surface area contributed by atoms with Gasteiger partial charge in [0.15, 0.2) is 0 Å². The van der Waals surface area contributed by atoms with Crippen LogP contribution in [0.2, 0.25) is 5.02 Å². The molecule has 0 bridgehead atoms. The van der Waals surface area contributed by atoms with Crippen LogP contribution in [0.4, 0.5) is 0 Å². The Kier molecular flexibility index (Phi) is 0.919. The zero-order valence-corrected chi connectivity index (χ0v) is 5.49. The molecule has 0 aromatic heterocycles. The summed E-state index contributed by atoms with van der Waals surface area (Å²) in [6, 6.07) is -2.31. The Morgan fingerprint density at radius 2 is 2.20 bits per heavy atom. The Labute approximate surface area is 68.7 Å². The highest BCUT2D eigenvalue weighted by atomic mass is 35.5. The van der Waals surface area contributed by atoms with Gasteiger partial charge in [0.05, 0.1) is 16.1 Å². The third kappa shape index (κ3) is 1.28. The minimum atomic E-state index is -1.47. The fourth-order valence-corrected chi connectivity index (χ4v) is 0.620. The first kappa shape index (κ1) is 3.39. The van der Waals surface area contributed by atoms with Crippen molar-refractivity contribution in [3.05, 3.63) is 34.8 Å². The number of rotatable bonds is 1. The zero-order valence-electron chi connectivity index (χ0n) is 8.73. The molecule has 0 aliphatic heterocycles. The highest BCUT2D eigenvalue weighted by Crippen LogP contribution is 2.13. The molecule has 10 heavy (non-hydrogen) atoms. The van der Waals surface area contributed by atoms with Gasteiger partial charge in [0.2, 0.25) is 0 Å². The topological polar surface area (TPSA) is 37.3 Å². The lowest BCUT2D eigenvalue weighted by Crippen LogP contribution is -1.95. The lowest BCUT2D eigenvalue weighted by atomic mass is 10.2. The standard InChI is InChI=1S/C7H5ClO2/c8-6-4-2-1-3-5(6)7(9)10/h1-4H,(H,9,10)/i1D,2D,3D,4D. The number of aromatic carboxylic acids is 1. The highest BCUT2D eigenvalue weighted by molar-refractivity contribution is 6.33. The summed E-state index contributed by atoms with van der Waals surface area (Å²) in [6.45, 7) is 0. The van der Waals surface area contributed by atoms with Crippen molar-refractivity contribution in [2.45, 2.75) is 0 Å². The Morgan fingerprint density at radius 3 is 2.80 bits per heavy atom. The van der Waals surface area contributed by atoms with Gasteiger partial charge in [0, 0.05) is 0 Å². The van der Waals surface area contributed by atoms with E-state index >= 15 is 0 Å². The van der Waals surface area contributed by atoms with Gasteiger partial charge in [-0.2, -0.15) is 0 Å². The molecule has 0 amide bonds. The predicted octanol–water partition coefficient (Wildman–Crippen LogP) is 2.04. The lowest BCUT2D eigenvalue weighted by molar-refractivity contribution is 0.0697. The van der Waals surface area contributed by atoms with E-state index in [9.17, 15) is 4.79 Å². The first-order valence-electron chi connectivity index (χ1n) is 4.37. The van der Waals surface area contributed by atoms with Crippen LogP contribution in [0.1, 0.15) is 15.8 Å². The van der Waals surface area contributed by atoms with Gasteiger partial charge >= 0.3 is 5.97 Å². The molecule has 2 nitrogen and oxygen atoms in total. The molecular formula is C7H5ClO2. The first-order chi connectivity index (χ1) is 6.37. The number of benzene rings is 1. The van der Waals surface area contributed by atoms with E-state index in [1.807, 2.05) is 0 Å². The average molecular weight is 161 g/mol. The van der Waals surface area contributed by atoms with Crippen molar-refractivity contribution in [3.8, 4) is 0 Å². The molecule has 0 radical (unpaired) electrons. The van der Waals surface area contributed by atoms with E-state index in [-0.39, 0.29) is 0 Å². The van der Waals surface area contributed by atoms with E-state index in [4.69, 9.17) is 22.2 Å². The quantitative estimate of drug-likeness (QED) is 0.683. The number of carboxylic acids is 1. The Balaban J connectivity index is 3.68. The van der Waals surface area contributed by atoms with Crippen LogP contribution in [0.25, 0.3) is 0 Å². The number of carbonyl (C=O) groups is 1. The SMILES string of the molecule is [2H]c1c([2H])c([2H])c(C(=O)O)c(Cl)c1[2H]. The van der Waals surface area contributed by atoms with Gasteiger partial charge < -0.3 is 5.11 Å². The molecule has 0 saturated heterocycles. The molecule has 0 aliphatic carbocycles. The summed E-state index contributed by atoms with van der Waals surface area (Å²) >= 11 is 5.48. The third-order valence-electron chi connectivity index (χ3n) is 0.856. The maximum Gasteiger partial charge on any atom is 0.337 e. The summed E-state index contributed by atoms with van der Waals surface area (Å²) in [5.41, 5.74) is -0.599. The van der Waals surface area contributed by atoms with Gasteiger partial charge in [-0.25, -0.2) is 4.79 Å². The largest absolute Gasteiger partial charge is 0.478 e. The Hall–Kier alpha value is -1.02. The molecule has 52 valence electrons. The van der Waals surface area contributed by atoms with Crippen LogP contribution in [-0.2, 0) is 0 Å². The van der Waals surface area contributed by atoms with Crippen molar-refractivity contribution >= 4 is 17.6 Å². The van der Waals surface area contributed by atoms with E-state index in [1.165, 1.54) is 0 Å². The molecular weight excluding hydrogens is 152 g/mol. The molecule has 0 unspecified atom stereocenters.